The van der Waals surface area contributed by atoms with E-state index in [-0.39, 0.29) is 17.8 Å². The van der Waals surface area contributed by atoms with Crippen molar-refractivity contribution in [3.05, 3.63) is 53.6 Å². The molecule has 1 fully saturated rings. The molecule has 28 heavy (non-hydrogen) atoms. The maximum atomic E-state index is 12.6. The van der Waals surface area contributed by atoms with Gasteiger partial charge in [-0.15, -0.1) is 0 Å². The molecule has 2 heterocycles. The summed E-state index contributed by atoms with van der Waals surface area (Å²) in [6.45, 7) is 2.47. The monoisotopic (exact) mass is 381 g/mol. The fourth-order valence-electron chi connectivity index (χ4n) is 4.06. The number of carbonyl (C=O) groups excluding carboxylic acids is 2. The van der Waals surface area contributed by atoms with Crippen LogP contribution < -0.4 is 9.47 Å². The first-order valence-corrected chi connectivity index (χ1v) is 9.53. The maximum Gasteiger partial charge on any atom is 0.328 e. The Kier molecular flexibility index (Phi) is 4.94. The number of likely N-dealkylation sites (tertiary alicyclic amines) is 1. The van der Waals surface area contributed by atoms with Gasteiger partial charge in [0.1, 0.15) is 11.8 Å². The van der Waals surface area contributed by atoms with E-state index >= 15 is 0 Å². The molecule has 6 heteroatoms. The Morgan fingerprint density at radius 3 is 2.75 bits per heavy atom. The summed E-state index contributed by atoms with van der Waals surface area (Å²) in [5.41, 5.74) is 1.94. The zero-order valence-electron chi connectivity index (χ0n) is 16.0. The second-order valence-corrected chi connectivity index (χ2v) is 6.92. The van der Waals surface area contributed by atoms with Gasteiger partial charge in [0, 0.05) is 30.0 Å². The van der Waals surface area contributed by atoms with Crippen LogP contribution in [0.15, 0.2) is 42.5 Å². The molecule has 0 saturated carbocycles. The van der Waals surface area contributed by atoms with Gasteiger partial charge in [-0.1, -0.05) is 30.3 Å². The van der Waals surface area contributed by atoms with Gasteiger partial charge in [-0.05, 0) is 25.5 Å². The van der Waals surface area contributed by atoms with Gasteiger partial charge in [0.25, 0.3) is 0 Å². The Labute approximate surface area is 164 Å². The molecule has 4 rings (SSSR count). The minimum absolute atomic E-state index is 0.0218. The van der Waals surface area contributed by atoms with E-state index in [0.29, 0.717) is 37.5 Å². The van der Waals surface area contributed by atoms with E-state index in [0.717, 1.165) is 16.9 Å². The topological polar surface area (TPSA) is 65.1 Å². The number of ether oxygens (including phenoxy) is 3. The summed E-state index contributed by atoms with van der Waals surface area (Å²) in [4.78, 5) is 26.6. The largest absolute Gasteiger partial charge is 0.493 e. The van der Waals surface area contributed by atoms with Crippen molar-refractivity contribution >= 4 is 11.9 Å². The predicted octanol–water partition coefficient (Wildman–Crippen LogP) is 3.49. The van der Waals surface area contributed by atoms with Gasteiger partial charge < -0.3 is 19.1 Å². The SMILES string of the molecule is CCOC(=O)C1CCC(=O)N1CC1c2ccccc2Oc2c(OC)cccc21. The number of nitrogens with zero attached hydrogens (tertiary/aromatic N) is 1. The van der Waals surface area contributed by atoms with Gasteiger partial charge in [0.05, 0.1) is 13.7 Å². The van der Waals surface area contributed by atoms with Gasteiger partial charge in [-0.2, -0.15) is 0 Å². The summed E-state index contributed by atoms with van der Waals surface area (Å²) in [5, 5.41) is 0. The van der Waals surface area contributed by atoms with Crippen LogP contribution in [-0.2, 0) is 14.3 Å². The first-order chi connectivity index (χ1) is 13.6. The number of fused-ring (bicyclic) bond motifs is 2. The minimum atomic E-state index is -0.531. The summed E-state index contributed by atoms with van der Waals surface area (Å²) < 4.78 is 16.8. The third-order valence-electron chi connectivity index (χ3n) is 5.38. The van der Waals surface area contributed by atoms with Crippen LogP contribution in [0.1, 0.15) is 36.8 Å². The maximum absolute atomic E-state index is 12.6. The minimum Gasteiger partial charge on any atom is -0.493 e. The van der Waals surface area contributed by atoms with Crippen LogP contribution in [0.2, 0.25) is 0 Å². The lowest BCUT2D eigenvalue weighted by molar-refractivity contribution is -0.151. The molecule has 2 aromatic rings. The van der Waals surface area contributed by atoms with Gasteiger partial charge in [0.2, 0.25) is 5.91 Å². The van der Waals surface area contributed by atoms with Crippen molar-refractivity contribution in [2.75, 3.05) is 20.3 Å². The van der Waals surface area contributed by atoms with E-state index in [1.807, 2.05) is 42.5 Å². The number of carbonyl (C=O) groups is 2. The van der Waals surface area contributed by atoms with Crippen LogP contribution in [-0.4, -0.2) is 43.1 Å². The van der Waals surface area contributed by atoms with Crippen molar-refractivity contribution < 1.29 is 23.8 Å². The van der Waals surface area contributed by atoms with E-state index in [1.54, 1.807) is 18.9 Å². The molecule has 2 atom stereocenters. The quantitative estimate of drug-likeness (QED) is 0.742. The van der Waals surface area contributed by atoms with Crippen molar-refractivity contribution in [2.45, 2.75) is 31.7 Å². The third kappa shape index (κ3) is 3.09. The van der Waals surface area contributed by atoms with E-state index < -0.39 is 6.04 Å². The average Bonchev–Trinajstić information content (AvgIpc) is 3.08. The van der Waals surface area contributed by atoms with Crippen molar-refractivity contribution in [3.63, 3.8) is 0 Å². The molecule has 0 aliphatic carbocycles. The highest BCUT2D eigenvalue weighted by Gasteiger charge is 2.40. The number of benzene rings is 2. The lowest BCUT2D eigenvalue weighted by Crippen LogP contribution is -2.42. The zero-order valence-corrected chi connectivity index (χ0v) is 16.0. The molecule has 1 saturated heterocycles. The van der Waals surface area contributed by atoms with Crippen LogP contribution >= 0.6 is 0 Å². The molecule has 1 amide bonds. The Balaban J connectivity index is 1.73. The Bertz CT molecular complexity index is 910. The summed E-state index contributed by atoms with van der Waals surface area (Å²) in [6, 6.07) is 13.0. The number of hydrogen-bond acceptors (Lipinski definition) is 5. The standard InChI is InChI=1S/C22H23NO5/c1-3-27-22(25)17-11-12-20(24)23(17)13-16-14-7-4-5-9-18(14)28-21-15(16)8-6-10-19(21)26-2/h4-10,16-17H,3,11-13H2,1-2H3. The van der Waals surface area contributed by atoms with E-state index in [9.17, 15) is 9.59 Å². The van der Waals surface area contributed by atoms with Crippen molar-refractivity contribution in [1.29, 1.82) is 0 Å². The molecule has 146 valence electrons. The van der Waals surface area contributed by atoms with Crippen LogP contribution in [0.3, 0.4) is 0 Å². The molecular weight excluding hydrogens is 358 g/mol. The molecule has 0 N–H and O–H groups in total. The Morgan fingerprint density at radius 2 is 1.96 bits per heavy atom. The number of rotatable bonds is 5. The molecule has 0 radical (unpaired) electrons. The van der Waals surface area contributed by atoms with E-state index in [4.69, 9.17) is 14.2 Å². The normalized spacial score (nSPS) is 20.2. The molecule has 0 bridgehead atoms. The smallest absolute Gasteiger partial charge is 0.328 e. The van der Waals surface area contributed by atoms with Crippen LogP contribution in [0.5, 0.6) is 17.2 Å². The molecular formula is C22H23NO5. The number of methoxy groups -OCH3 is 1. The van der Waals surface area contributed by atoms with Gasteiger partial charge in [-0.25, -0.2) is 4.79 Å². The lowest BCUT2D eigenvalue weighted by Gasteiger charge is -2.33. The fraction of sp³-hybridized carbons (Fsp3) is 0.364. The molecule has 2 aliphatic heterocycles. The third-order valence-corrected chi connectivity index (χ3v) is 5.38. The summed E-state index contributed by atoms with van der Waals surface area (Å²) in [5.74, 6) is 1.57. The zero-order chi connectivity index (χ0) is 19.7. The molecule has 2 unspecified atom stereocenters. The summed E-state index contributed by atoms with van der Waals surface area (Å²) in [6.07, 6.45) is 0.854. The molecule has 0 aromatic heterocycles. The number of para-hydroxylation sites is 2. The summed E-state index contributed by atoms with van der Waals surface area (Å²) in [7, 11) is 1.61. The average molecular weight is 381 g/mol. The van der Waals surface area contributed by atoms with Crippen LogP contribution in [0, 0.1) is 0 Å². The van der Waals surface area contributed by atoms with E-state index in [2.05, 4.69) is 0 Å². The number of hydrogen-bond donors (Lipinski definition) is 0. The predicted molar refractivity (Wildman–Crippen MR) is 103 cm³/mol. The number of esters is 1. The van der Waals surface area contributed by atoms with Gasteiger partial charge in [0.15, 0.2) is 11.5 Å². The number of amides is 1. The van der Waals surface area contributed by atoms with E-state index in [1.165, 1.54) is 0 Å². The van der Waals surface area contributed by atoms with Crippen LogP contribution in [0.25, 0.3) is 0 Å². The molecule has 6 nitrogen and oxygen atoms in total. The second kappa shape index (κ2) is 7.54. The highest BCUT2D eigenvalue weighted by atomic mass is 16.5. The van der Waals surface area contributed by atoms with Crippen molar-refractivity contribution in [3.8, 4) is 17.2 Å². The molecule has 2 aliphatic rings. The van der Waals surface area contributed by atoms with Gasteiger partial charge in [-0.3, -0.25) is 4.79 Å². The van der Waals surface area contributed by atoms with Crippen molar-refractivity contribution in [1.82, 2.24) is 4.90 Å². The Morgan fingerprint density at radius 1 is 1.18 bits per heavy atom. The molecule has 2 aromatic carbocycles. The first kappa shape index (κ1) is 18.3. The second-order valence-electron chi connectivity index (χ2n) is 6.92. The first-order valence-electron chi connectivity index (χ1n) is 9.53. The highest BCUT2D eigenvalue weighted by Crippen LogP contribution is 2.48. The van der Waals surface area contributed by atoms with Crippen LogP contribution in [0.4, 0.5) is 0 Å². The fourth-order valence-corrected chi connectivity index (χ4v) is 4.06. The van der Waals surface area contributed by atoms with Gasteiger partial charge >= 0.3 is 5.97 Å². The Hall–Kier alpha value is -3.02. The van der Waals surface area contributed by atoms with Crippen molar-refractivity contribution in [2.24, 2.45) is 0 Å². The lowest BCUT2D eigenvalue weighted by atomic mass is 9.87. The highest BCUT2D eigenvalue weighted by molar-refractivity contribution is 5.88. The molecule has 0 spiro atoms. The summed E-state index contributed by atoms with van der Waals surface area (Å²) >= 11 is 0.